The summed E-state index contributed by atoms with van der Waals surface area (Å²) in [6.45, 7) is 4.99. The summed E-state index contributed by atoms with van der Waals surface area (Å²) < 4.78 is 26.1. The number of ether oxygens (including phenoxy) is 1. The van der Waals surface area contributed by atoms with E-state index in [-0.39, 0.29) is 24.3 Å². The molecule has 1 aromatic heterocycles. The van der Waals surface area contributed by atoms with Crippen LogP contribution in [0.4, 0.5) is 4.39 Å². The lowest BCUT2D eigenvalue weighted by atomic mass is 10.1. The Kier molecular flexibility index (Phi) is 6.36. The van der Waals surface area contributed by atoms with Crippen LogP contribution < -0.4 is 4.74 Å². The Hall–Kier alpha value is -2.74. The summed E-state index contributed by atoms with van der Waals surface area (Å²) in [6.07, 6.45) is 0.920. The molecule has 1 saturated heterocycles. The average molecular weight is 488 g/mol. The second-order valence-electron chi connectivity index (χ2n) is 8.00. The summed E-state index contributed by atoms with van der Waals surface area (Å²) >= 11 is 3.25. The Bertz CT molecular complexity index is 1070. The van der Waals surface area contributed by atoms with E-state index in [1.807, 2.05) is 24.3 Å². The Morgan fingerprint density at radius 3 is 2.74 bits per heavy atom. The molecular formula is C23H23BrFN3O3. The van der Waals surface area contributed by atoms with Gasteiger partial charge in [0.25, 0.3) is 0 Å². The van der Waals surface area contributed by atoms with E-state index in [0.717, 1.165) is 11.3 Å². The molecule has 1 unspecified atom stereocenters. The van der Waals surface area contributed by atoms with Gasteiger partial charge in [-0.05, 0) is 48.7 Å². The molecule has 1 aliphatic rings. The molecule has 8 heteroatoms. The predicted octanol–water partition coefficient (Wildman–Crippen LogP) is 5.54. The SMILES string of the molecule is CC(C)COc1ccc(-c2noc(C3CCC(=O)N3Cc3ccc(Br)cc3F)n2)cc1. The highest BCUT2D eigenvalue weighted by atomic mass is 79.9. The molecule has 31 heavy (non-hydrogen) atoms. The van der Waals surface area contributed by atoms with Crippen LogP contribution in [0.15, 0.2) is 51.5 Å². The van der Waals surface area contributed by atoms with Crippen molar-refractivity contribution in [3.8, 4) is 17.1 Å². The predicted molar refractivity (Wildman–Crippen MR) is 117 cm³/mol. The minimum absolute atomic E-state index is 0.0567. The lowest BCUT2D eigenvalue weighted by Gasteiger charge is -2.22. The van der Waals surface area contributed by atoms with Crippen molar-refractivity contribution in [3.63, 3.8) is 0 Å². The Balaban J connectivity index is 1.50. The molecule has 2 heterocycles. The van der Waals surface area contributed by atoms with Crippen LogP contribution in [0.2, 0.25) is 0 Å². The summed E-state index contributed by atoms with van der Waals surface area (Å²) in [4.78, 5) is 18.6. The lowest BCUT2D eigenvalue weighted by molar-refractivity contribution is -0.130. The maximum absolute atomic E-state index is 14.3. The van der Waals surface area contributed by atoms with Crippen molar-refractivity contribution in [2.45, 2.75) is 39.3 Å². The zero-order valence-corrected chi connectivity index (χ0v) is 18.9. The van der Waals surface area contributed by atoms with Gasteiger partial charge in [-0.3, -0.25) is 4.79 Å². The van der Waals surface area contributed by atoms with Crippen LogP contribution >= 0.6 is 15.9 Å². The van der Waals surface area contributed by atoms with Crippen molar-refractivity contribution in [2.24, 2.45) is 5.92 Å². The Morgan fingerprint density at radius 1 is 1.26 bits per heavy atom. The number of nitrogens with zero attached hydrogens (tertiary/aromatic N) is 3. The number of halogens is 2. The summed E-state index contributed by atoms with van der Waals surface area (Å²) in [5.41, 5.74) is 1.24. The number of benzene rings is 2. The Labute approximate surface area is 188 Å². The third kappa shape index (κ3) is 4.95. The average Bonchev–Trinajstić information content (AvgIpc) is 3.36. The monoisotopic (exact) mass is 487 g/mol. The highest BCUT2D eigenvalue weighted by molar-refractivity contribution is 9.10. The van der Waals surface area contributed by atoms with Crippen LogP contribution in [0.5, 0.6) is 5.75 Å². The molecule has 1 fully saturated rings. The topological polar surface area (TPSA) is 68.5 Å². The fourth-order valence-corrected chi connectivity index (χ4v) is 3.81. The van der Waals surface area contributed by atoms with Crippen LogP contribution in [0.3, 0.4) is 0 Å². The summed E-state index contributed by atoms with van der Waals surface area (Å²) in [6, 6.07) is 11.9. The highest BCUT2D eigenvalue weighted by Gasteiger charge is 2.36. The molecule has 0 N–H and O–H groups in total. The quantitative estimate of drug-likeness (QED) is 0.437. The molecule has 6 nitrogen and oxygen atoms in total. The van der Waals surface area contributed by atoms with E-state index < -0.39 is 0 Å². The molecule has 0 saturated carbocycles. The number of carbonyl (C=O) groups excluding carboxylic acids is 1. The molecule has 0 aliphatic carbocycles. The van der Waals surface area contributed by atoms with E-state index >= 15 is 0 Å². The number of amides is 1. The molecule has 2 aromatic carbocycles. The van der Waals surface area contributed by atoms with Crippen LogP contribution in [0.1, 0.15) is 44.2 Å². The number of hydrogen-bond donors (Lipinski definition) is 0. The summed E-state index contributed by atoms with van der Waals surface area (Å²) in [7, 11) is 0. The Morgan fingerprint density at radius 2 is 2.03 bits per heavy atom. The van der Waals surface area contributed by atoms with Gasteiger partial charge in [0.05, 0.1) is 6.61 Å². The lowest BCUT2D eigenvalue weighted by Crippen LogP contribution is -2.27. The smallest absolute Gasteiger partial charge is 0.249 e. The molecule has 1 aliphatic heterocycles. The zero-order chi connectivity index (χ0) is 22.0. The van der Waals surface area contributed by atoms with Crippen molar-refractivity contribution in [2.75, 3.05) is 6.61 Å². The van der Waals surface area contributed by atoms with Gasteiger partial charge in [-0.1, -0.05) is 41.0 Å². The van der Waals surface area contributed by atoms with Gasteiger partial charge in [-0.2, -0.15) is 4.98 Å². The normalized spacial score (nSPS) is 16.4. The van der Waals surface area contributed by atoms with Crippen molar-refractivity contribution < 1.29 is 18.4 Å². The number of carbonyl (C=O) groups is 1. The van der Waals surface area contributed by atoms with Gasteiger partial charge < -0.3 is 14.2 Å². The molecule has 3 aromatic rings. The molecule has 1 atom stereocenters. The van der Waals surface area contributed by atoms with E-state index in [4.69, 9.17) is 9.26 Å². The van der Waals surface area contributed by atoms with Gasteiger partial charge in [0.15, 0.2) is 0 Å². The number of likely N-dealkylation sites (tertiary alicyclic amines) is 1. The van der Waals surface area contributed by atoms with E-state index in [1.54, 1.807) is 17.0 Å². The molecule has 4 rings (SSSR count). The van der Waals surface area contributed by atoms with E-state index in [2.05, 4.69) is 39.9 Å². The maximum Gasteiger partial charge on any atom is 0.249 e. The molecule has 0 bridgehead atoms. The molecular weight excluding hydrogens is 465 g/mol. The second kappa shape index (κ2) is 9.18. The maximum atomic E-state index is 14.3. The first-order valence-electron chi connectivity index (χ1n) is 10.2. The van der Waals surface area contributed by atoms with Gasteiger partial charge in [0.2, 0.25) is 17.6 Å². The largest absolute Gasteiger partial charge is 0.493 e. The molecule has 1 amide bonds. The van der Waals surface area contributed by atoms with Gasteiger partial charge in [-0.15, -0.1) is 0 Å². The first-order valence-corrected chi connectivity index (χ1v) is 11.0. The minimum Gasteiger partial charge on any atom is -0.493 e. The third-order valence-corrected chi connectivity index (χ3v) is 5.60. The van der Waals surface area contributed by atoms with Crippen LogP contribution in [-0.2, 0) is 11.3 Å². The van der Waals surface area contributed by atoms with E-state index in [1.165, 1.54) is 6.07 Å². The highest BCUT2D eigenvalue weighted by Crippen LogP contribution is 2.35. The number of rotatable bonds is 7. The molecule has 162 valence electrons. The van der Waals surface area contributed by atoms with Crippen molar-refractivity contribution >= 4 is 21.8 Å². The van der Waals surface area contributed by atoms with Crippen molar-refractivity contribution in [1.82, 2.24) is 15.0 Å². The minimum atomic E-state index is -0.370. The summed E-state index contributed by atoms with van der Waals surface area (Å²) in [5, 5.41) is 4.09. The van der Waals surface area contributed by atoms with E-state index in [0.29, 0.717) is 47.1 Å². The summed E-state index contributed by atoms with van der Waals surface area (Å²) in [5.74, 6) is 1.61. The van der Waals surface area contributed by atoms with Crippen LogP contribution in [0.25, 0.3) is 11.4 Å². The van der Waals surface area contributed by atoms with E-state index in [9.17, 15) is 9.18 Å². The standard InChI is InChI=1S/C23H23BrFN3O3/c1-14(2)13-30-18-7-4-15(5-8-18)22-26-23(31-27-22)20-9-10-21(29)28(20)12-16-3-6-17(24)11-19(16)25/h3-8,11,14,20H,9-10,12-13H2,1-2H3. The van der Waals surface area contributed by atoms with Gasteiger partial charge in [0, 0.05) is 28.6 Å². The van der Waals surface area contributed by atoms with Gasteiger partial charge in [-0.25, -0.2) is 4.39 Å². The number of hydrogen-bond acceptors (Lipinski definition) is 5. The number of aromatic nitrogens is 2. The van der Waals surface area contributed by atoms with Crippen LogP contribution in [0, 0.1) is 11.7 Å². The molecule has 0 radical (unpaired) electrons. The molecule has 0 spiro atoms. The zero-order valence-electron chi connectivity index (χ0n) is 17.3. The first kappa shape index (κ1) is 21.5. The van der Waals surface area contributed by atoms with Gasteiger partial charge in [0.1, 0.15) is 17.6 Å². The van der Waals surface area contributed by atoms with Crippen molar-refractivity contribution in [3.05, 3.63) is 64.2 Å². The van der Waals surface area contributed by atoms with Crippen LogP contribution in [-0.4, -0.2) is 27.6 Å². The first-order chi connectivity index (χ1) is 14.9. The van der Waals surface area contributed by atoms with Gasteiger partial charge >= 0.3 is 0 Å². The third-order valence-electron chi connectivity index (χ3n) is 5.11. The second-order valence-corrected chi connectivity index (χ2v) is 8.91. The van der Waals surface area contributed by atoms with Crippen molar-refractivity contribution in [1.29, 1.82) is 0 Å². The fourth-order valence-electron chi connectivity index (χ4n) is 3.47. The fraction of sp³-hybridized carbons (Fsp3) is 0.348.